The van der Waals surface area contributed by atoms with Crippen molar-refractivity contribution in [1.29, 1.82) is 0 Å². The molecule has 3 N–H and O–H groups in total. The first-order valence-electron chi connectivity index (χ1n) is 9.72. The summed E-state index contributed by atoms with van der Waals surface area (Å²) in [5.41, 5.74) is 7.13. The van der Waals surface area contributed by atoms with Crippen LogP contribution in [0, 0.1) is 5.92 Å². The Hall–Kier alpha value is -1.34. The molecule has 0 saturated carbocycles. The van der Waals surface area contributed by atoms with Crippen LogP contribution < -0.4 is 11.1 Å². The van der Waals surface area contributed by atoms with E-state index in [0.717, 1.165) is 38.6 Å². The minimum absolute atomic E-state index is 0. The molecule has 0 radical (unpaired) electrons. The summed E-state index contributed by atoms with van der Waals surface area (Å²) in [6.07, 6.45) is 4.76. The fraction of sp³-hybridized carbons (Fsp3) is 0.600. The molecule has 2 unspecified atom stereocenters. The van der Waals surface area contributed by atoms with Gasteiger partial charge >= 0.3 is 0 Å². The van der Waals surface area contributed by atoms with E-state index in [0.29, 0.717) is 29.5 Å². The molecule has 2 amide bonds. The highest BCUT2D eigenvalue weighted by Gasteiger charge is 2.28. The van der Waals surface area contributed by atoms with Gasteiger partial charge in [-0.25, -0.2) is 0 Å². The molecule has 1 aromatic carbocycles. The summed E-state index contributed by atoms with van der Waals surface area (Å²) < 4.78 is 5.32. The first-order chi connectivity index (χ1) is 13.0. The number of nitrogens with two attached hydrogens (primary N) is 1. The molecule has 1 aromatic rings. The van der Waals surface area contributed by atoms with Gasteiger partial charge in [0, 0.05) is 31.5 Å². The van der Waals surface area contributed by atoms with Gasteiger partial charge < -0.3 is 20.7 Å². The summed E-state index contributed by atoms with van der Waals surface area (Å²) in [7, 11) is 0. The second-order valence-electron chi connectivity index (χ2n) is 7.50. The first kappa shape index (κ1) is 22.9. The summed E-state index contributed by atoms with van der Waals surface area (Å²) in [5.74, 6) is -0.165. The zero-order valence-electron chi connectivity index (χ0n) is 16.2. The number of amides is 2. The van der Waals surface area contributed by atoms with Crippen LogP contribution in [0.1, 0.15) is 49.4 Å². The summed E-state index contributed by atoms with van der Waals surface area (Å²) in [4.78, 5) is 27.1. The smallest absolute Gasteiger partial charge is 0.255 e. The summed E-state index contributed by atoms with van der Waals surface area (Å²) in [6.45, 7) is 4.11. The Kier molecular flexibility index (Phi) is 8.56. The van der Waals surface area contributed by atoms with E-state index < -0.39 is 6.04 Å². The maximum Gasteiger partial charge on any atom is 0.255 e. The second kappa shape index (κ2) is 10.4. The van der Waals surface area contributed by atoms with Crippen molar-refractivity contribution in [1.82, 2.24) is 4.90 Å². The molecule has 2 atom stereocenters. The van der Waals surface area contributed by atoms with Crippen LogP contribution in [-0.4, -0.2) is 48.6 Å². The molecule has 3 rings (SSSR count). The fourth-order valence-corrected chi connectivity index (χ4v) is 4.10. The SMILES string of the molecule is CC1CCCCN1C(=O)c1ccc(NC(=O)C(N)C2CCOCC2)cc1Cl.Cl. The average molecular weight is 430 g/mol. The van der Waals surface area contributed by atoms with Crippen LogP contribution in [0.15, 0.2) is 18.2 Å². The van der Waals surface area contributed by atoms with Crippen molar-refractivity contribution in [2.75, 3.05) is 25.1 Å². The second-order valence-corrected chi connectivity index (χ2v) is 7.91. The van der Waals surface area contributed by atoms with Gasteiger partial charge in [0.25, 0.3) is 5.91 Å². The van der Waals surface area contributed by atoms with Crippen LogP contribution in [0.4, 0.5) is 5.69 Å². The molecular formula is C20H29Cl2N3O3. The number of anilines is 1. The zero-order chi connectivity index (χ0) is 19.4. The third-order valence-corrected chi connectivity index (χ3v) is 5.92. The summed E-state index contributed by atoms with van der Waals surface area (Å²) >= 11 is 6.36. The molecule has 28 heavy (non-hydrogen) atoms. The topological polar surface area (TPSA) is 84.7 Å². The van der Waals surface area contributed by atoms with Crippen molar-refractivity contribution in [3.8, 4) is 0 Å². The predicted octanol–water partition coefficient (Wildman–Crippen LogP) is 3.47. The Balaban J connectivity index is 0.00000280. The van der Waals surface area contributed by atoms with Crippen LogP contribution in [0.2, 0.25) is 5.02 Å². The molecular weight excluding hydrogens is 401 g/mol. The van der Waals surface area contributed by atoms with E-state index in [4.69, 9.17) is 22.1 Å². The molecule has 156 valence electrons. The minimum Gasteiger partial charge on any atom is -0.381 e. The Morgan fingerprint density at radius 1 is 1.25 bits per heavy atom. The van der Waals surface area contributed by atoms with E-state index in [9.17, 15) is 9.59 Å². The number of benzene rings is 1. The molecule has 0 aliphatic carbocycles. The third-order valence-electron chi connectivity index (χ3n) is 5.61. The van der Waals surface area contributed by atoms with Crippen molar-refractivity contribution >= 4 is 41.5 Å². The third kappa shape index (κ3) is 5.38. The lowest BCUT2D eigenvalue weighted by molar-refractivity contribution is -0.119. The van der Waals surface area contributed by atoms with Gasteiger partial charge in [0.05, 0.1) is 16.6 Å². The Labute approximate surface area is 177 Å². The van der Waals surface area contributed by atoms with Crippen LogP contribution in [-0.2, 0) is 9.53 Å². The van der Waals surface area contributed by atoms with Crippen LogP contribution in [0.25, 0.3) is 0 Å². The minimum atomic E-state index is -0.580. The highest BCUT2D eigenvalue weighted by Crippen LogP contribution is 2.26. The summed E-state index contributed by atoms with van der Waals surface area (Å²) in [5, 5.41) is 3.16. The highest BCUT2D eigenvalue weighted by atomic mass is 35.5. The standard InChI is InChI=1S/C20H28ClN3O3.ClH/c1-13-4-2-3-9-24(13)20(26)16-6-5-15(12-17(16)21)23-19(25)18(22)14-7-10-27-11-8-14;/h5-6,12-14,18H,2-4,7-11,22H2,1H3,(H,23,25);1H. The number of carbonyl (C=O) groups is 2. The van der Waals surface area contributed by atoms with Gasteiger partial charge in [-0.05, 0) is 63.1 Å². The highest BCUT2D eigenvalue weighted by molar-refractivity contribution is 6.34. The number of nitrogens with one attached hydrogen (secondary N) is 1. The van der Waals surface area contributed by atoms with E-state index in [1.54, 1.807) is 18.2 Å². The molecule has 2 saturated heterocycles. The quantitative estimate of drug-likeness (QED) is 0.766. The lowest BCUT2D eigenvalue weighted by atomic mass is 9.92. The molecule has 0 spiro atoms. The van der Waals surface area contributed by atoms with Crippen LogP contribution in [0.5, 0.6) is 0 Å². The van der Waals surface area contributed by atoms with Gasteiger partial charge in [0.2, 0.25) is 5.91 Å². The van der Waals surface area contributed by atoms with Gasteiger partial charge in [-0.3, -0.25) is 9.59 Å². The number of piperidine rings is 1. The van der Waals surface area contributed by atoms with Crippen molar-refractivity contribution in [2.45, 2.75) is 51.1 Å². The molecule has 2 fully saturated rings. The van der Waals surface area contributed by atoms with E-state index in [-0.39, 0.29) is 36.2 Å². The molecule has 2 heterocycles. The Morgan fingerprint density at radius 2 is 1.96 bits per heavy atom. The lowest BCUT2D eigenvalue weighted by Gasteiger charge is -2.33. The number of likely N-dealkylation sites (tertiary alicyclic amines) is 1. The number of halogens is 2. The van der Waals surface area contributed by atoms with Crippen molar-refractivity contribution in [3.05, 3.63) is 28.8 Å². The predicted molar refractivity (Wildman–Crippen MR) is 113 cm³/mol. The number of carbonyl (C=O) groups excluding carboxylic acids is 2. The first-order valence-corrected chi connectivity index (χ1v) is 10.1. The van der Waals surface area contributed by atoms with Gasteiger partial charge in [0.15, 0.2) is 0 Å². The normalized spacial score (nSPS) is 21.5. The van der Waals surface area contributed by atoms with Crippen LogP contribution >= 0.6 is 24.0 Å². The van der Waals surface area contributed by atoms with Crippen molar-refractivity contribution in [3.63, 3.8) is 0 Å². The molecule has 0 aromatic heterocycles. The fourth-order valence-electron chi connectivity index (χ4n) is 3.84. The number of hydrogen-bond donors (Lipinski definition) is 2. The molecule has 8 heteroatoms. The molecule has 2 aliphatic rings. The van der Waals surface area contributed by atoms with E-state index >= 15 is 0 Å². The van der Waals surface area contributed by atoms with Gasteiger partial charge in [-0.1, -0.05) is 11.6 Å². The van der Waals surface area contributed by atoms with Gasteiger partial charge in [-0.2, -0.15) is 0 Å². The monoisotopic (exact) mass is 429 g/mol. The molecule has 2 aliphatic heterocycles. The largest absolute Gasteiger partial charge is 0.381 e. The van der Waals surface area contributed by atoms with Crippen molar-refractivity contribution < 1.29 is 14.3 Å². The van der Waals surface area contributed by atoms with E-state index in [1.807, 2.05) is 4.90 Å². The molecule has 6 nitrogen and oxygen atoms in total. The number of nitrogens with zero attached hydrogens (tertiary/aromatic N) is 1. The summed E-state index contributed by atoms with van der Waals surface area (Å²) in [6, 6.07) is 4.66. The number of ether oxygens (including phenoxy) is 1. The van der Waals surface area contributed by atoms with Crippen molar-refractivity contribution in [2.24, 2.45) is 11.7 Å². The van der Waals surface area contributed by atoms with E-state index in [2.05, 4.69) is 12.2 Å². The maximum atomic E-state index is 12.8. The van der Waals surface area contributed by atoms with Gasteiger partial charge in [-0.15, -0.1) is 12.4 Å². The maximum absolute atomic E-state index is 12.8. The lowest BCUT2D eigenvalue weighted by Crippen LogP contribution is -2.44. The van der Waals surface area contributed by atoms with Crippen LogP contribution in [0.3, 0.4) is 0 Å². The zero-order valence-corrected chi connectivity index (χ0v) is 17.7. The Bertz CT molecular complexity index is 695. The Morgan fingerprint density at radius 3 is 2.61 bits per heavy atom. The average Bonchev–Trinajstić information content (AvgIpc) is 2.68. The molecule has 0 bridgehead atoms. The number of hydrogen-bond acceptors (Lipinski definition) is 4. The van der Waals surface area contributed by atoms with E-state index in [1.165, 1.54) is 0 Å². The van der Waals surface area contributed by atoms with Gasteiger partial charge in [0.1, 0.15) is 0 Å². The number of rotatable bonds is 4.